The SMILES string of the molecule is O[C@@H](COCc1ccccc1)C[C@H](O)[C@H](COCc1ccccc1)[Se]c1ccccc1. The summed E-state index contributed by atoms with van der Waals surface area (Å²) in [6.45, 7) is 1.60. The van der Waals surface area contributed by atoms with Crippen molar-refractivity contribution in [2.75, 3.05) is 13.2 Å². The van der Waals surface area contributed by atoms with E-state index in [1.54, 1.807) is 0 Å². The Labute approximate surface area is 191 Å². The average molecular weight is 485 g/mol. The first-order valence-corrected chi connectivity index (χ1v) is 12.4. The van der Waals surface area contributed by atoms with Crippen LogP contribution >= 0.6 is 0 Å². The number of ether oxygens (including phenoxy) is 2. The molecule has 0 aliphatic heterocycles. The summed E-state index contributed by atoms with van der Waals surface area (Å²) in [4.78, 5) is -0.0533. The van der Waals surface area contributed by atoms with Gasteiger partial charge in [-0.25, -0.2) is 0 Å². The molecule has 0 radical (unpaired) electrons. The molecule has 3 aromatic rings. The predicted molar refractivity (Wildman–Crippen MR) is 124 cm³/mol. The Kier molecular flexibility index (Phi) is 10.3. The van der Waals surface area contributed by atoms with Gasteiger partial charge in [0.05, 0.1) is 0 Å². The number of hydrogen-bond donors (Lipinski definition) is 2. The molecule has 0 fully saturated rings. The van der Waals surface area contributed by atoms with E-state index in [9.17, 15) is 10.2 Å². The molecule has 0 unspecified atom stereocenters. The van der Waals surface area contributed by atoms with Crippen molar-refractivity contribution in [1.29, 1.82) is 0 Å². The van der Waals surface area contributed by atoms with Crippen molar-refractivity contribution < 1.29 is 19.7 Å². The van der Waals surface area contributed by atoms with Crippen LogP contribution in [0.4, 0.5) is 0 Å². The number of benzene rings is 3. The van der Waals surface area contributed by atoms with Crippen LogP contribution in [0.2, 0.25) is 4.82 Å². The Bertz CT molecular complexity index is 845. The minimum absolute atomic E-state index is 0.0297. The molecule has 0 aliphatic carbocycles. The summed E-state index contributed by atoms with van der Waals surface area (Å²) >= 11 is 0.0297. The molecule has 2 N–H and O–H groups in total. The molecule has 0 saturated heterocycles. The number of aliphatic hydroxyl groups excluding tert-OH is 2. The van der Waals surface area contributed by atoms with Gasteiger partial charge in [-0.2, -0.15) is 0 Å². The third kappa shape index (κ3) is 8.96. The molecule has 4 nitrogen and oxygen atoms in total. The van der Waals surface area contributed by atoms with Gasteiger partial charge in [-0.1, -0.05) is 0 Å². The van der Waals surface area contributed by atoms with E-state index in [1.807, 2.05) is 78.9 Å². The van der Waals surface area contributed by atoms with Crippen molar-refractivity contribution >= 4 is 19.4 Å². The van der Waals surface area contributed by atoms with Gasteiger partial charge in [0.25, 0.3) is 0 Å². The van der Waals surface area contributed by atoms with E-state index in [-0.39, 0.29) is 32.8 Å². The molecule has 0 spiro atoms. The number of rotatable bonds is 13. The fourth-order valence-corrected chi connectivity index (χ4v) is 5.45. The Morgan fingerprint density at radius 1 is 0.645 bits per heavy atom. The van der Waals surface area contributed by atoms with Gasteiger partial charge in [-0.15, -0.1) is 0 Å². The van der Waals surface area contributed by atoms with Gasteiger partial charge in [-0.05, 0) is 0 Å². The fourth-order valence-electron chi connectivity index (χ4n) is 3.15. The summed E-state index contributed by atoms with van der Waals surface area (Å²) in [7, 11) is 0. The first-order chi connectivity index (χ1) is 15.2. The predicted octanol–water partition coefficient (Wildman–Crippen LogP) is 3.35. The molecule has 0 amide bonds. The summed E-state index contributed by atoms with van der Waals surface area (Å²) < 4.78 is 12.8. The van der Waals surface area contributed by atoms with Crippen molar-refractivity contribution in [3.63, 3.8) is 0 Å². The van der Waals surface area contributed by atoms with Crippen LogP contribution in [0, 0.1) is 0 Å². The van der Waals surface area contributed by atoms with Gasteiger partial charge < -0.3 is 0 Å². The molecule has 0 saturated carbocycles. The number of hydrogen-bond acceptors (Lipinski definition) is 4. The Balaban J connectivity index is 1.49. The Hall–Kier alpha value is -1.98. The van der Waals surface area contributed by atoms with E-state index in [0.717, 1.165) is 11.1 Å². The molecule has 0 heterocycles. The quantitative estimate of drug-likeness (QED) is 0.365. The third-order valence-corrected chi connectivity index (χ3v) is 7.51. The minimum atomic E-state index is -0.720. The molecule has 164 valence electrons. The fraction of sp³-hybridized carbons (Fsp3) is 0.308. The monoisotopic (exact) mass is 486 g/mol. The molecule has 3 rings (SSSR count). The van der Waals surface area contributed by atoms with Crippen LogP contribution in [0.25, 0.3) is 0 Å². The van der Waals surface area contributed by atoms with Gasteiger partial charge in [-0.3, -0.25) is 0 Å². The molecule has 31 heavy (non-hydrogen) atoms. The van der Waals surface area contributed by atoms with Crippen LogP contribution in [0.3, 0.4) is 0 Å². The molecule has 3 atom stereocenters. The molecule has 0 aromatic heterocycles. The van der Waals surface area contributed by atoms with E-state index in [2.05, 4.69) is 12.1 Å². The third-order valence-electron chi connectivity index (χ3n) is 4.79. The molecule has 5 heteroatoms. The maximum atomic E-state index is 10.9. The molecule has 0 bridgehead atoms. The standard InChI is InChI=1S/C26H30O4Se/c27-23(19-29-17-21-10-4-1-5-11-21)16-25(28)26(31-24-14-8-3-9-15-24)20-30-18-22-12-6-2-7-13-22/h1-15,23,25-28H,16-20H2/t23-,25+,26+/m1/s1. The van der Waals surface area contributed by atoms with E-state index < -0.39 is 12.2 Å². The van der Waals surface area contributed by atoms with Gasteiger partial charge in [0.15, 0.2) is 0 Å². The van der Waals surface area contributed by atoms with Crippen LogP contribution in [0.1, 0.15) is 17.5 Å². The maximum absolute atomic E-state index is 10.9. The summed E-state index contributed by atoms with van der Waals surface area (Å²) in [6, 6.07) is 30.1. The van der Waals surface area contributed by atoms with Crippen molar-refractivity contribution in [3.05, 3.63) is 102 Å². The van der Waals surface area contributed by atoms with E-state index >= 15 is 0 Å². The summed E-state index contributed by atoms with van der Waals surface area (Å²) in [5.41, 5.74) is 2.17. The second kappa shape index (κ2) is 13.4. The van der Waals surface area contributed by atoms with Crippen molar-refractivity contribution in [2.24, 2.45) is 0 Å². The van der Waals surface area contributed by atoms with Gasteiger partial charge in [0, 0.05) is 0 Å². The normalized spacial score (nSPS) is 14.1. The number of aliphatic hydroxyl groups is 2. The van der Waals surface area contributed by atoms with Gasteiger partial charge in [0.1, 0.15) is 0 Å². The van der Waals surface area contributed by atoms with Crippen LogP contribution in [-0.2, 0) is 22.7 Å². The zero-order valence-electron chi connectivity index (χ0n) is 17.5. The van der Waals surface area contributed by atoms with Crippen LogP contribution in [-0.4, -0.2) is 50.6 Å². The Morgan fingerprint density at radius 3 is 1.68 bits per heavy atom. The zero-order chi connectivity index (χ0) is 21.7. The molecular weight excluding hydrogens is 455 g/mol. The van der Waals surface area contributed by atoms with Crippen molar-refractivity contribution in [2.45, 2.75) is 36.7 Å². The summed E-state index contributed by atoms with van der Waals surface area (Å²) in [6.07, 6.45) is -1.11. The Morgan fingerprint density at radius 2 is 1.13 bits per heavy atom. The topological polar surface area (TPSA) is 58.9 Å². The molecular formula is C26H30O4Se. The van der Waals surface area contributed by atoms with E-state index in [4.69, 9.17) is 9.47 Å². The molecule has 3 aromatic carbocycles. The van der Waals surface area contributed by atoms with Gasteiger partial charge in [0.2, 0.25) is 0 Å². The average Bonchev–Trinajstić information content (AvgIpc) is 2.80. The van der Waals surface area contributed by atoms with Crippen LogP contribution in [0.15, 0.2) is 91.0 Å². The van der Waals surface area contributed by atoms with Gasteiger partial charge >= 0.3 is 191 Å². The second-order valence-corrected chi connectivity index (χ2v) is 10.2. The van der Waals surface area contributed by atoms with Crippen molar-refractivity contribution in [3.8, 4) is 0 Å². The zero-order valence-corrected chi connectivity index (χ0v) is 19.3. The first kappa shape index (κ1) is 23.7. The summed E-state index contributed by atoms with van der Waals surface area (Å²) in [5, 5.41) is 21.3. The van der Waals surface area contributed by atoms with E-state index in [0.29, 0.717) is 19.8 Å². The van der Waals surface area contributed by atoms with E-state index in [1.165, 1.54) is 4.46 Å². The van der Waals surface area contributed by atoms with Crippen LogP contribution < -0.4 is 4.46 Å². The van der Waals surface area contributed by atoms with Crippen LogP contribution in [0.5, 0.6) is 0 Å². The molecule has 0 aliphatic rings. The second-order valence-electron chi connectivity index (χ2n) is 7.43. The first-order valence-electron chi connectivity index (χ1n) is 10.5. The summed E-state index contributed by atoms with van der Waals surface area (Å²) in [5.74, 6) is 0. The van der Waals surface area contributed by atoms with Crippen molar-refractivity contribution in [1.82, 2.24) is 0 Å².